The molecule has 1 fully saturated rings. The number of nitriles is 1. The number of rotatable bonds is 10. The van der Waals surface area contributed by atoms with Gasteiger partial charge >= 0.3 is 0 Å². The number of nitrogens with zero attached hydrogens (tertiary/aromatic N) is 3. The first kappa shape index (κ1) is 31.7. The van der Waals surface area contributed by atoms with E-state index in [-0.39, 0.29) is 0 Å². The molecule has 1 saturated heterocycles. The molecule has 0 radical (unpaired) electrons. The summed E-state index contributed by atoms with van der Waals surface area (Å²) in [7, 11) is 0. The molecule has 0 amide bonds. The number of fused-ring (bicyclic) bond motifs is 1. The van der Waals surface area contributed by atoms with Crippen LogP contribution in [0.4, 0.5) is 0 Å². The number of benzene rings is 4. The van der Waals surface area contributed by atoms with Crippen LogP contribution < -0.4 is 18.9 Å². The highest BCUT2D eigenvalue weighted by molar-refractivity contribution is 6.32. The van der Waals surface area contributed by atoms with E-state index >= 15 is 0 Å². The molecule has 7 nitrogen and oxygen atoms in total. The van der Waals surface area contributed by atoms with Gasteiger partial charge in [0.25, 0.3) is 0 Å². The lowest BCUT2D eigenvalue weighted by Crippen LogP contribution is -2.48. The van der Waals surface area contributed by atoms with Gasteiger partial charge in [0.15, 0.2) is 11.5 Å². The van der Waals surface area contributed by atoms with Gasteiger partial charge in [-0.05, 0) is 78.9 Å². The predicted octanol–water partition coefficient (Wildman–Crippen LogP) is 7.64. The second-order valence-corrected chi connectivity index (χ2v) is 12.5. The van der Waals surface area contributed by atoms with E-state index in [1.54, 1.807) is 6.07 Å². The van der Waals surface area contributed by atoms with Gasteiger partial charge in [0.1, 0.15) is 37.9 Å². The lowest BCUT2D eigenvalue weighted by molar-refractivity contribution is 0.103. The zero-order valence-electron chi connectivity index (χ0n) is 26.7. The van der Waals surface area contributed by atoms with Crippen LogP contribution in [0.2, 0.25) is 5.02 Å². The summed E-state index contributed by atoms with van der Waals surface area (Å²) in [5.41, 5.74) is 6.92. The number of ether oxygens (including phenoxy) is 4. The standard InChI is InChI=1S/C38H40ClN3O4/c1-26(2)42-14-12-41(13-15-42)23-32-19-34(39)37(21-36(32)45-24-29-7-4-6-28(18-29)22-40)46-25-31-8-5-9-33(27(31)3)30-10-11-35-38(20-30)44-17-16-43-35/h4-11,18-21,26H,12-17,23-25H2,1-3H3. The Morgan fingerprint density at radius 3 is 2.37 bits per heavy atom. The zero-order valence-corrected chi connectivity index (χ0v) is 27.5. The molecule has 0 aliphatic carbocycles. The van der Waals surface area contributed by atoms with Crippen LogP contribution in [-0.4, -0.2) is 55.2 Å². The highest BCUT2D eigenvalue weighted by Gasteiger charge is 2.22. The summed E-state index contributed by atoms with van der Waals surface area (Å²) in [6, 6.07) is 26.5. The summed E-state index contributed by atoms with van der Waals surface area (Å²) >= 11 is 6.87. The van der Waals surface area contributed by atoms with Crippen molar-refractivity contribution in [1.82, 2.24) is 9.80 Å². The van der Waals surface area contributed by atoms with E-state index in [1.165, 1.54) is 0 Å². The van der Waals surface area contributed by atoms with E-state index in [0.717, 1.165) is 83.4 Å². The maximum atomic E-state index is 9.35. The van der Waals surface area contributed by atoms with Gasteiger partial charge in [-0.25, -0.2) is 0 Å². The normalized spacial score (nSPS) is 15.0. The summed E-state index contributed by atoms with van der Waals surface area (Å²) in [6.07, 6.45) is 0. The van der Waals surface area contributed by atoms with E-state index in [2.05, 4.69) is 54.8 Å². The van der Waals surface area contributed by atoms with Crippen molar-refractivity contribution in [3.05, 3.63) is 106 Å². The maximum absolute atomic E-state index is 9.35. The molecule has 2 heterocycles. The Balaban J connectivity index is 1.22. The third-order valence-corrected chi connectivity index (χ3v) is 9.07. The van der Waals surface area contributed by atoms with Crippen molar-refractivity contribution in [3.8, 4) is 40.2 Å². The molecule has 0 saturated carbocycles. The van der Waals surface area contributed by atoms with E-state index < -0.39 is 0 Å². The first-order valence-corrected chi connectivity index (χ1v) is 16.3. The molecular formula is C38H40ClN3O4. The number of halogens is 1. The van der Waals surface area contributed by atoms with Gasteiger partial charge in [-0.3, -0.25) is 9.80 Å². The van der Waals surface area contributed by atoms with Crippen LogP contribution in [0.5, 0.6) is 23.0 Å². The molecule has 0 atom stereocenters. The molecule has 0 bridgehead atoms. The van der Waals surface area contributed by atoms with Crippen LogP contribution in [0.25, 0.3) is 11.1 Å². The fourth-order valence-corrected chi connectivity index (χ4v) is 6.27. The maximum Gasteiger partial charge on any atom is 0.161 e. The van der Waals surface area contributed by atoms with Crippen LogP contribution in [0.3, 0.4) is 0 Å². The fourth-order valence-electron chi connectivity index (χ4n) is 6.03. The first-order valence-electron chi connectivity index (χ1n) is 15.9. The predicted molar refractivity (Wildman–Crippen MR) is 181 cm³/mol. The van der Waals surface area contributed by atoms with Crippen LogP contribution in [-0.2, 0) is 19.8 Å². The molecule has 8 heteroatoms. The lowest BCUT2D eigenvalue weighted by atomic mass is 9.96. The highest BCUT2D eigenvalue weighted by Crippen LogP contribution is 2.38. The summed E-state index contributed by atoms with van der Waals surface area (Å²) in [4.78, 5) is 4.95. The molecule has 6 rings (SSSR count). The Morgan fingerprint density at radius 1 is 0.826 bits per heavy atom. The summed E-state index contributed by atoms with van der Waals surface area (Å²) in [5.74, 6) is 2.85. The van der Waals surface area contributed by atoms with E-state index in [9.17, 15) is 5.26 Å². The second kappa shape index (κ2) is 14.5. The molecule has 4 aromatic carbocycles. The van der Waals surface area contributed by atoms with Gasteiger partial charge in [0.05, 0.1) is 16.7 Å². The third-order valence-electron chi connectivity index (χ3n) is 8.78. The van der Waals surface area contributed by atoms with Gasteiger partial charge in [-0.1, -0.05) is 48.0 Å². The highest BCUT2D eigenvalue weighted by atomic mass is 35.5. The molecule has 0 N–H and O–H groups in total. The SMILES string of the molecule is Cc1c(COc2cc(OCc3cccc(C#N)c3)c(CN3CCN(C(C)C)CC3)cc2Cl)cccc1-c1ccc2c(c1)OCCO2. The Hall–Kier alpha value is -4.22. The Labute approximate surface area is 276 Å². The van der Waals surface area contributed by atoms with Crippen LogP contribution in [0, 0.1) is 18.3 Å². The van der Waals surface area contributed by atoms with Crippen LogP contribution in [0.15, 0.2) is 72.8 Å². The molecule has 0 spiro atoms. The van der Waals surface area contributed by atoms with Gasteiger partial charge in [0, 0.05) is 50.4 Å². The molecule has 2 aliphatic rings. The third kappa shape index (κ3) is 7.42. The van der Waals surface area contributed by atoms with Crippen molar-refractivity contribution in [2.75, 3.05) is 39.4 Å². The largest absolute Gasteiger partial charge is 0.488 e. The van der Waals surface area contributed by atoms with E-state index in [0.29, 0.717) is 48.8 Å². The Kier molecular flexibility index (Phi) is 9.99. The van der Waals surface area contributed by atoms with Crippen LogP contribution >= 0.6 is 11.6 Å². The molecule has 4 aromatic rings. The van der Waals surface area contributed by atoms with Crippen molar-refractivity contribution in [3.63, 3.8) is 0 Å². The van der Waals surface area contributed by atoms with Crippen molar-refractivity contribution in [1.29, 1.82) is 5.26 Å². The Bertz CT molecular complexity index is 1730. The first-order chi connectivity index (χ1) is 22.4. The number of hydrogen-bond donors (Lipinski definition) is 0. The second-order valence-electron chi connectivity index (χ2n) is 12.1. The summed E-state index contributed by atoms with van der Waals surface area (Å²) in [5, 5.41) is 9.90. The summed E-state index contributed by atoms with van der Waals surface area (Å²) < 4.78 is 24.3. The minimum absolute atomic E-state index is 0.335. The number of piperazine rings is 1. The molecule has 2 aliphatic heterocycles. The zero-order chi connectivity index (χ0) is 32.0. The van der Waals surface area contributed by atoms with Crippen molar-refractivity contribution in [2.24, 2.45) is 0 Å². The fraction of sp³-hybridized carbons (Fsp3) is 0.342. The minimum Gasteiger partial charge on any atom is -0.488 e. The minimum atomic E-state index is 0.335. The smallest absolute Gasteiger partial charge is 0.161 e. The topological polar surface area (TPSA) is 67.2 Å². The van der Waals surface area contributed by atoms with Gasteiger partial charge in [0.2, 0.25) is 0 Å². The molecule has 0 unspecified atom stereocenters. The van der Waals surface area contributed by atoms with Gasteiger partial charge < -0.3 is 18.9 Å². The van der Waals surface area contributed by atoms with Crippen molar-refractivity contribution < 1.29 is 18.9 Å². The van der Waals surface area contributed by atoms with Crippen LogP contribution in [0.1, 0.15) is 41.7 Å². The number of hydrogen-bond acceptors (Lipinski definition) is 7. The quantitative estimate of drug-likeness (QED) is 0.177. The molecule has 238 valence electrons. The summed E-state index contributed by atoms with van der Waals surface area (Å²) in [6.45, 7) is 13.2. The average Bonchev–Trinajstić information content (AvgIpc) is 3.08. The van der Waals surface area contributed by atoms with Crippen molar-refractivity contribution in [2.45, 2.75) is 46.6 Å². The Morgan fingerprint density at radius 2 is 1.59 bits per heavy atom. The molecular weight excluding hydrogens is 598 g/mol. The van der Waals surface area contributed by atoms with E-state index in [4.69, 9.17) is 30.5 Å². The lowest BCUT2D eigenvalue weighted by Gasteiger charge is -2.37. The van der Waals surface area contributed by atoms with Gasteiger partial charge in [-0.15, -0.1) is 0 Å². The van der Waals surface area contributed by atoms with Crippen molar-refractivity contribution >= 4 is 11.6 Å². The van der Waals surface area contributed by atoms with Gasteiger partial charge in [-0.2, -0.15) is 5.26 Å². The average molecular weight is 638 g/mol. The monoisotopic (exact) mass is 637 g/mol. The molecule has 46 heavy (non-hydrogen) atoms. The molecule has 0 aromatic heterocycles. The van der Waals surface area contributed by atoms with E-state index in [1.807, 2.05) is 48.5 Å².